The number of anilines is 1. The molecule has 0 spiro atoms. The predicted molar refractivity (Wildman–Crippen MR) is 185 cm³/mol. The first-order valence-electron chi connectivity index (χ1n) is 15.8. The van der Waals surface area contributed by atoms with Crippen molar-refractivity contribution in [2.45, 2.75) is 70.6 Å². The number of nitrogens with zero attached hydrogens (tertiary/aromatic N) is 2. The summed E-state index contributed by atoms with van der Waals surface area (Å²) in [5.74, 6) is -2.10. The van der Waals surface area contributed by atoms with Crippen LogP contribution < -0.4 is 31.8 Å². The van der Waals surface area contributed by atoms with Gasteiger partial charge in [0.05, 0.1) is 16.5 Å². The maximum atomic E-state index is 13.6. The fourth-order valence-corrected chi connectivity index (χ4v) is 7.17. The van der Waals surface area contributed by atoms with Crippen molar-refractivity contribution >= 4 is 44.7 Å². The molecule has 2 amide bonds. The Balaban J connectivity index is 1.58. The predicted octanol–water partition coefficient (Wildman–Crippen LogP) is 1.67. The molecule has 0 aliphatic heterocycles. The highest BCUT2D eigenvalue weighted by molar-refractivity contribution is 7.89. The molecular formula is C33H42N8O7S. The molecule has 4 rings (SSSR count). The number of carbonyl (C=O) groups excluding carboxylic acids is 2. The van der Waals surface area contributed by atoms with Crippen LogP contribution in [0.5, 0.6) is 0 Å². The van der Waals surface area contributed by atoms with Gasteiger partial charge in [0.2, 0.25) is 21.4 Å². The summed E-state index contributed by atoms with van der Waals surface area (Å²) in [6.07, 6.45) is 5.59. The second-order valence-corrected chi connectivity index (χ2v) is 13.5. The molecule has 16 heteroatoms. The Bertz CT molecular complexity index is 1990. The summed E-state index contributed by atoms with van der Waals surface area (Å²) in [5, 5.41) is 18.4. The lowest BCUT2D eigenvalue weighted by Gasteiger charge is -2.19. The summed E-state index contributed by atoms with van der Waals surface area (Å²) in [7, 11) is -4.29. The van der Waals surface area contributed by atoms with E-state index in [9.17, 15) is 32.7 Å². The van der Waals surface area contributed by atoms with E-state index in [-0.39, 0.29) is 21.8 Å². The number of benzene rings is 2. The number of aromatic amines is 1. The van der Waals surface area contributed by atoms with Crippen molar-refractivity contribution in [1.82, 2.24) is 29.9 Å². The third-order valence-corrected chi connectivity index (χ3v) is 9.71. The Morgan fingerprint density at radius 1 is 1.08 bits per heavy atom. The van der Waals surface area contributed by atoms with Crippen LogP contribution in [0.15, 0.2) is 58.6 Å². The molecule has 0 saturated carbocycles. The number of hydrogen-bond donors (Lipinski definition) is 7. The largest absolute Gasteiger partial charge is 0.480 e. The van der Waals surface area contributed by atoms with Gasteiger partial charge in [0.25, 0.3) is 5.91 Å². The van der Waals surface area contributed by atoms with Gasteiger partial charge in [-0.15, -0.1) is 0 Å². The van der Waals surface area contributed by atoms with E-state index in [0.29, 0.717) is 55.1 Å². The number of fused-ring (bicyclic) bond motifs is 1. The number of amides is 2. The number of nitrogens with one attached hydrogen (secondary N) is 5. The van der Waals surface area contributed by atoms with Gasteiger partial charge >= 0.3 is 5.97 Å². The number of nitrogens with two attached hydrogens (primary N) is 1. The van der Waals surface area contributed by atoms with E-state index in [4.69, 9.17) is 5.73 Å². The standard InChI is InChI=1S/C33H42N8O7S/c1-5-25(34)31(44)35-9-6-12-41-18-24(28(42)23-8-7-22(15-27(23)41)16-39-33-36-10-11-37-33)30(43)38-17-26(32(45)46)40-49(47,48)29-20(3)13-19(2)14-21(29)4/h7-8,10-11,13-15,18,25-26,40H,5-6,9,12,16-17,34H2,1-4H3,(H,35,44)(H,38,43)(H,45,46)(H2,36,37,39)/t25-,26?/m0/s1. The van der Waals surface area contributed by atoms with Gasteiger partial charge in [0, 0.05) is 50.2 Å². The highest BCUT2D eigenvalue weighted by Crippen LogP contribution is 2.22. The number of sulfonamides is 1. The monoisotopic (exact) mass is 694 g/mol. The zero-order chi connectivity index (χ0) is 35.9. The number of aromatic nitrogens is 3. The van der Waals surface area contributed by atoms with Crippen LogP contribution in [-0.4, -0.2) is 71.0 Å². The van der Waals surface area contributed by atoms with Crippen LogP contribution in [0.4, 0.5) is 5.95 Å². The molecular weight excluding hydrogens is 652 g/mol. The molecule has 0 radical (unpaired) electrons. The molecule has 0 saturated heterocycles. The van der Waals surface area contributed by atoms with E-state index in [2.05, 4.69) is 30.6 Å². The van der Waals surface area contributed by atoms with Crippen LogP contribution in [0, 0.1) is 20.8 Å². The van der Waals surface area contributed by atoms with Crippen molar-refractivity contribution in [1.29, 1.82) is 0 Å². The average Bonchev–Trinajstić information content (AvgIpc) is 3.57. The summed E-state index contributed by atoms with van der Waals surface area (Å²) >= 11 is 0. The third-order valence-electron chi connectivity index (χ3n) is 7.94. The number of carbonyl (C=O) groups is 3. The smallest absolute Gasteiger partial charge is 0.323 e. The van der Waals surface area contributed by atoms with Crippen LogP contribution in [0.25, 0.3) is 10.9 Å². The van der Waals surface area contributed by atoms with Crippen molar-refractivity contribution in [2.24, 2.45) is 5.73 Å². The van der Waals surface area contributed by atoms with Gasteiger partial charge in [-0.2, -0.15) is 4.72 Å². The molecule has 49 heavy (non-hydrogen) atoms. The van der Waals surface area contributed by atoms with Gasteiger partial charge in [-0.1, -0.05) is 30.7 Å². The Hall–Kier alpha value is -5.06. The number of carboxylic acids is 1. The highest BCUT2D eigenvalue weighted by atomic mass is 32.2. The topological polar surface area (TPSA) is 230 Å². The lowest BCUT2D eigenvalue weighted by molar-refractivity contribution is -0.138. The highest BCUT2D eigenvalue weighted by Gasteiger charge is 2.29. The second-order valence-electron chi connectivity index (χ2n) is 11.8. The van der Waals surface area contributed by atoms with Gasteiger partial charge in [-0.25, -0.2) is 13.4 Å². The van der Waals surface area contributed by atoms with Gasteiger partial charge in [-0.3, -0.25) is 19.2 Å². The molecule has 0 bridgehead atoms. The third kappa shape index (κ3) is 9.10. The lowest BCUT2D eigenvalue weighted by Crippen LogP contribution is -2.49. The molecule has 2 aromatic carbocycles. The van der Waals surface area contributed by atoms with Gasteiger partial charge in [-0.05, 0) is 62.4 Å². The summed E-state index contributed by atoms with van der Waals surface area (Å²) in [4.78, 5) is 58.3. The molecule has 0 aliphatic carbocycles. The van der Waals surface area contributed by atoms with Crippen molar-refractivity contribution in [3.05, 3.63) is 87.0 Å². The summed E-state index contributed by atoms with van der Waals surface area (Å²) < 4.78 is 30.4. The van der Waals surface area contributed by atoms with Crippen LogP contribution >= 0.6 is 0 Å². The number of hydrogen-bond acceptors (Lipinski definition) is 9. The Kier molecular flexibility index (Phi) is 11.9. The molecule has 2 heterocycles. The summed E-state index contributed by atoms with van der Waals surface area (Å²) in [5.41, 5.74) is 8.06. The minimum absolute atomic E-state index is 0.0420. The second kappa shape index (κ2) is 15.9. The number of pyridine rings is 1. The van der Waals surface area contributed by atoms with Crippen molar-refractivity contribution in [3.63, 3.8) is 0 Å². The van der Waals surface area contributed by atoms with Crippen LogP contribution in [-0.2, 0) is 32.7 Å². The number of aliphatic carboxylic acids is 1. The fraction of sp³-hybridized carbons (Fsp3) is 0.364. The molecule has 4 aromatic rings. The molecule has 262 valence electrons. The first-order chi connectivity index (χ1) is 23.2. The average molecular weight is 695 g/mol. The van der Waals surface area contributed by atoms with Crippen molar-refractivity contribution < 1.29 is 27.9 Å². The Labute approximate surface area is 283 Å². The number of carboxylic acid groups (broad SMARTS) is 1. The maximum absolute atomic E-state index is 13.6. The van der Waals surface area contributed by atoms with Crippen LogP contribution in [0.3, 0.4) is 0 Å². The van der Waals surface area contributed by atoms with Crippen LogP contribution in [0.2, 0.25) is 0 Å². The SMILES string of the molecule is CC[C@H](N)C(=O)NCCCn1cc(C(=O)NCC(NS(=O)(=O)c2c(C)cc(C)cc2C)C(=O)O)c(=O)c2ccc(CNc3ncc[nH]3)cc21. The van der Waals surface area contributed by atoms with E-state index >= 15 is 0 Å². The maximum Gasteiger partial charge on any atom is 0.323 e. The fourth-order valence-electron chi connectivity index (χ4n) is 5.52. The zero-order valence-electron chi connectivity index (χ0n) is 27.8. The van der Waals surface area contributed by atoms with Gasteiger partial charge < -0.3 is 36.3 Å². The number of aryl methyl sites for hydroxylation is 4. The van der Waals surface area contributed by atoms with Crippen molar-refractivity contribution in [3.8, 4) is 0 Å². The molecule has 1 unspecified atom stereocenters. The zero-order valence-corrected chi connectivity index (χ0v) is 28.6. The van der Waals surface area contributed by atoms with Gasteiger partial charge in [0.1, 0.15) is 11.6 Å². The van der Waals surface area contributed by atoms with E-state index in [1.54, 1.807) is 62.0 Å². The molecule has 8 N–H and O–H groups in total. The molecule has 2 atom stereocenters. The summed E-state index contributed by atoms with van der Waals surface area (Å²) in [6, 6.07) is 6.16. The Morgan fingerprint density at radius 3 is 2.43 bits per heavy atom. The quantitative estimate of drug-likeness (QED) is 0.0839. The minimum atomic E-state index is -4.29. The van der Waals surface area contributed by atoms with E-state index in [0.717, 1.165) is 11.1 Å². The van der Waals surface area contributed by atoms with Gasteiger partial charge in [0.15, 0.2) is 5.95 Å². The van der Waals surface area contributed by atoms with E-state index in [1.807, 2.05) is 13.0 Å². The minimum Gasteiger partial charge on any atom is -0.480 e. The molecule has 2 aromatic heterocycles. The number of H-pyrrole nitrogens is 1. The first-order valence-corrected chi connectivity index (χ1v) is 17.2. The van der Waals surface area contributed by atoms with E-state index < -0.39 is 46.0 Å². The van der Waals surface area contributed by atoms with Crippen molar-refractivity contribution in [2.75, 3.05) is 18.4 Å². The van der Waals surface area contributed by atoms with Crippen LogP contribution in [0.1, 0.15) is 52.4 Å². The first kappa shape index (κ1) is 36.8. The number of imidazole rings is 1. The lowest BCUT2D eigenvalue weighted by atomic mass is 10.1. The molecule has 15 nitrogen and oxygen atoms in total. The summed E-state index contributed by atoms with van der Waals surface area (Å²) in [6.45, 7) is 7.21. The normalized spacial score (nSPS) is 12.8. The Morgan fingerprint density at radius 2 is 1.80 bits per heavy atom. The molecule has 0 fully saturated rings. The number of rotatable bonds is 16. The molecule has 0 aliphatic rings. The van der Waals surface area contributed by atoms with E-state index in [1.165, 1.54) is 6.20 Å².